The van der Waals surface area contributed by atoms with E-state index in [9.17, 15) is 0 Å². The molecule has 0 spiro atoms. The molecule has 0 aliphatic carbocycles. The van der Waals surface area contributed by atoms with Crippen molar-refractivity contribution in [1.82, 2.24) is 19.9 Å². The summed E-state index contributed by atoms with van der Waals surface area (Å²) in [6.07, 6.45) is 8.34. The Hall–Kier alpha value is -3.68. The highest BCUT2D eigenvalue weighted by molar-refractivity contribution is 5.79. The minimum atomic E-state index is -1.26. The Morgan fingerprint density at radius 1 is 0.767 bits per heavy atom. The van der Waals surface area contributed by atoms with E-state index >= 15 is 0 Å². The van der Waals surface area contributed by atoms with Crippen LogP contribution in [-0.4, -0.2) is 25.8 Å². The van der Waals surface area contributed by atoms with Crippen molar-refractivity contribution in [1.29, 1.82) is 0 Å². The first-order valence-corrected chi connectivity index (χ1v) is 9.81. The first-order valence-electron chi connectivity index (χ1n) is 9.81. The van der Waals surface area contributed by atoms with Crippen LogP contribution in [0.1, 0.15) is 36.1 Å². The predicted octanol–water partition coefficient (Wildman–Crippen LogP) is 4.02. The van der Waals surface area contributed by atoms with E-state index in [1.165, 1.54) is 0 Å². The summed E-state index contributed by atoms with van der Waals surface area (Å²) in [6, 6.07) is 13.8. The summed E-state index contributed by atoms with van der Waals surface area (Å²) in [5.74, 6) is -0.680. The maximum Gasteiger partial charge on any atom is 0.212 e. The van der Waals surface area contributed by atoms with E-state index in [1.807, 2.05) is 73.7 Å². The Morgan fingerprint density at radius 2 is 1.37 bits per heavy atom. The van der Waals surface area contributed by atoms with Crippen LogP contribution in [0.3, 0.4) is 0 Å². The Morgan fingerprint density at radius 3 is 2.03 bits per heavy atom. The van der Waals surface area contributed by atoms with Crippen molar-refractivity contribution in [3.63, 3.8) is 0 Å². The van der Waals surface area contributed by atoms with Gasteiger partial charge < -0.3 is 14.7 Å². The minimum Gasteiger partial charge on any atom is -0.458 e. The number of aromatic nitrogens is 4. The summed E-state index contributed by atoms with van der Waals surface area (Å²) in [4.78, 5) is 16.0. The van der Waals surface area contributed by atoms with Crippen LogP contribution in [0.4, 0.5) is 0 Å². The number of nitrogens with one attached hydrogen (secondary N) is 2. The van der Waals surface area contributed by atoms with Gasteiger partial charge in [0.05, 0.1) is 28.3 Å². The van der Waals surface area contributed by atoms with E-state index in [1.54, 1.807) is 0 Å². The van der Waals surface area contributed by atoms with E-state index < -0.39 is 5.85 Å². The summed E-state index contributed by atoms with van der Waals surface area (Å²) in [5, 5.41) is 0. The molecule has 7 heteroatoms. The van der Waals surface area contributed by atoms with E-state index in [0.717, 1.165) is 44.8 Å². The average Bonchev–Trinajstić information content (AvgIpc) is 3.47. The average molecular weight is 398 g/mol. The quantitative estimate of drug-likeness (QED) is 0.342. The maximum atomic E-state index is 6.04. The van der Waals surface area contributed by atoms with Gasteiger partial charge in [-0.3, -0.25) is 11.5 Å². The lowest BCUT2D eigenvalue weighted by atomic mass is 10.3. The summed E-state index contributed by atoms with van der Waals surface area (Å²) in [7, 11) is 0. The summed E-state index contributed by atoms with van der Waals surface area (Å²) in [5.41, 5.74) is 19.0. The van der Waals surface area contributed by atoms with Crippen LogP contribution in [0.2, 0.25) is 0 Å². The molecule has 2 aliphatic heterocycles. The Labute approximate surface area is 173 Å². The van der Waals surface area contributed by atoms with Gasteiger partial charge in [0.25, 0.3) is 0 Å². The monoisotopic (exact) mass is 398 g/mol. The first kappa shape index (κ1) is 18.4. The number of hydrogen-bond acceptors (Lipinski definition) is 5. The lowest BCUT2D eigenvalue weighted by molar-refractivity contribution is 0.0805. The van der Waals surface area contributed by atoms with Gasteiger partial charge in [0, 0.05) is 29.0 Å². The molecule has 6 N–H and O–H groups in total. The third kappa shape index (κ3) is 3.76. The molecule has 150 valence electrons. The third-order valence-corrected chi connectivity index (χ3v) is 4.98. The predicted molar refractivity (Wildman–Crippen MR) is 121 cm³/mol. The van der Waals surface area contributed by atoms with Crippen LogP contribution in [0.25, 0.3) is 46.4 Å². The summed E-state index contributed by atoms with van der Waals surface area (Å²) in [6.45, 7) is 1.88. The van der Waals surface area contributed by atoms with Crippen molar-refractivity contribution in [2.24, 2.45) is 11.5 Å². The number of nitrogens with zero attached hydrogens (tertiary/aromatic N) is 2. The molecule has 3 aromatic rings. The van der Waals surface area contributed by atoms with Crippen LogP contribution in [0.5, 0.6) is 5.75 Å². The first-order chi connectivity index (χ1) is 14.5. The fourth-order valence-corrected chi connectivity index (χ4v) is 3.35. The molecule has 0 amide bonds. The van der Waals surface area contributed by atoms with Crippen molar-refractivity contribution in [2.75, 3.05) is 0 Å². The third-order valence-electron chi connectivity index (χ3n) is 4.98. The molecule has 0 atom stereocenters. The summed E-state index contributed by atoms with van der Waals surface area (Å²) < 4.78 is 5.89. The molecule has 0 saturated heterocycles. The lowest BCUT2D eigenvalue weighted by Crippen LogP contribution is -2.54. The van der Waals surface area contributed by atoms with Crippen molar-refractivity contribution in [3.05, 3.63) is 65.2 Å². The fourth-order valence-electron chi connectivity index (χ4n) is 3.35. The number of ether oxygens (including phenoxy) is 1. The van der Waals surface area contributed by atoms with Gasteiger partial charge in [-0.05, 0) is 60.7 Å². The van der Waals surface area contributed by atoms with Crippen LogP contribution >= 0.6 is 0 Å². The van der Waals surface area contributed by atoms with E-state index in [0.29, 0.717) is 12.2 Å². The highest BCUT2D eigenvalue weighted by atomic mass is 16.5. The molecule has 0 radical (unpaired) electrons. The lowest BCUT2D eigenvalue weighted by Gasteiger charge is -2.23. The van der Waals surface area contributed by atoms with Gasteiger partial charge in [-0.1, -0.05) is 6.92 Å². The molecular weight excluding hydrogens is 376 g/mol. The molecule has 3 aromatic heterocycles. The van der Waals surface area contributed by atoms with Gasteiger partial charge in [0.2, 0.25) is 5.85 Å². The fraction of sp³-hybridized carbons (Fsp3) is 0.130. The molecule has 0 unspecified atom stereocenters. The van der Waals surface area contributed by atoms with Gasteiger partial charge in [0.1, 0.15) is 5.75 Å². The number of hydrogen-bond donors (Lipinski definition) is 4. The molecule has 0 aromatic carbocycles. The molecule has 8 bridgehead atoms. The highest BCUT2D eigenvalue weighted by Crippen LogP contribution is 2.26. The molecule has 5 heterocycles. The van der Waals surface area contributed by atoms with Crippen LogP contribution in [0.15, 0.2) is 42.5 Å². The zero-order valence-electron chi connectivity index (χ0n) is 16.5. The number of rotatable bonds is 3. The zero-order chi connectivity index (χ0) is 20.7. The van der Waals surface area contributed by atoms with Crippen molar-refractivity contribution < 1.29 is 4.74 Å². The largest absolute Gasteiger partial charge is 0.458 e. The van der Waals surface area contributed by atoms with Crippen molar-refractivity contribution in [2.45, 2.75) is 19.2 Å². The van der Waals surface area contributed by atoms with E-state index in [-0.39, 0.29) is 0 Å². The standard InChI is InChI=1S/C23H22N6O/c1-2-23(24,25)30-22-13-20-11-18-6-5-16(27-18)9-14-3-4-15(26-14)10-17-7-8-19(28-17)12-21(22)29-20/h3-13,27,29H,2,24-25H2,1H3. The molecule has 0 saturated carbocycles. The molecule has 2 aliphatic rings. The second kappa shape index (κ2) is 6.98. The second-order valence-electron chi connectivity index (χ2n) is 7.45. The number of fused-ring (bicyclic) bond motifs is 8. The zero-order valence-corrected chi connectivity index (χ0v) is 16.5. The van der Waals surface area contributed by atoms with Crippen molar-refractivity contribution >= 4 is 46.4 Å². The van der Waals surface area contributed by atoms with E-state index in [2.05, 4.69) is 19.9 Å². The van der Waals surface area contributed by atoms with Gasteiger partial charge >= 0.3 is 0 Å². The Balaban J connectivity index is 1.78. The molecule has 0 fully saturated rings. The minimum absolute atomic E-state index is 0.467. The second-order valence-corrected chi connectivity index (χ2v) is 7.45. The van der Waals surface area contributed by atoms with Gasteiger partial charge in [0.15, 0.2) is 0 Å². The number of nitrogens with two attached hydrogens (primary N) is 2. The number of aromatic amines is 2. The molecule has 7 nitrogen and oxygen atoms in total. The van der Waals surface area contributed by atoms with E-state index in [4.69, 9.17) is 16.2 Å². The smallest absolute Gasteiger partial charge is 0.212 e. The van der Waals surface area contributed by atoms with Gasteiger partial charge in [-0.15, -0.1) is 0 Å². The maximum absolute atomic E-state index is 6.04. The highest BCUT2D eigenvalue weighted by Gasteiger charge is 2.19. The van der Waals surface area contributed by atoms with Gasteiger partial charge in [-0.25, -0.2) is 9.97 Å². The topological polar surface area (TPSA) is 119 Å². The SMILES string of the molecule is CCC(N)(N)Oc1cc2cc3ccc(cc4nc(cc5nc(cc1[nH]2)C=C5)C=C4)[nH]3. The molecule has 5 rings (SSSR count). The van der Waals surface area contributed by atoms with Crippen molar-refractivity contribution in [3.8, 4) is 5.75 Å². The van der Waals surface area contributed by atoms with Gasteiger partial charge in [-0.2, -0.15) is 0 Å². The normalized spacial score (nSPS) is 13.0. The number of H-pyrrole nitrogens is 2. The Kier molecular flexibility index (Phi) is 4.27. The van der Waals surface area contributed by atoms with Crippen LogP contribution in [-0.2, 0) is 0 Å². The van der Waals surface area contributed by atoms with Crippen LogP contribution in [0, 0.1) is 0 Å². The molecular formula is C23H22N6O. The Bertz CT molecular complexity index is 1340. The summed E-state index contributed by atoms with van der Waals surface area (Å²) >= 11 is 0. The van der Waals surface area contributed by atoms with Crippen LogP contribution < -0.4 is 16.2 Å². The molecule has 30 heavy (non-hydrogen) atoms.